The number of nitrogens with one attached hydrogen (secondary N) is 1. The first-order chi connectivity index (χ1) is 12.2. The van der Waals surface area contributed by atoms with Crippen molar-refractivity contribution in [1.29, 1.82) is 0 Å². The largest absolute Gasteiger partial charge is 0.366 e. The van der Waals surface area contributed by atoms with Gasteiger partial charge in [-0.1, -0.05) is 6.07 Å². The molecule has 130 valence electrons. The van der Waals surface area contributed by atoms with Crippen LogP contribution >= 0.6 is 0 Å². The summed E-state index contributed by atoms with van der Waals surface area (Å²) in [4.78, 5) is 13.6. The van der Waals surface area contributed by atoms with Crippen LogP contribution in [0.25, 0.3) is 11.0 Å². The summed E-state index contributed by atoms with van der Waals surface area (Å²) in [6.07, 6.45) is 0.177. The van der Waals surface area contributed by atoms with Crippen LogP contribution < -0.4 is 0 Å². The van der Waals surface area contributed by atoms with Crippen molar-refractivity contribution in [2.75, 3.05) is 13.1 Å². The number of imidazole rings is 1. The molecule has 0 radical (unpaired) electrons. The Labute approximate surface area is 143 Å². The maximum absolute atomic E-state index is 14.2. The molecule has 0 saturated carbocycles. The normalized spacial score (nSPS) is 21.2. The minimum Gasteiger partial charge on any atom is -0.366 e. The number of hydrogen-bond acceptors (Lipinski definition) is 4. The van der Waals surface area contributed by atoms with Gasteiger partial charge in [0.1, 0.15) is 30.5 Å². The predicted octanol–water partition coefficient (Wildman–Crippen LogP) is 2.84. The molecule has 5 nitrogen and oxygen atoms in total. The maximum atomic E-state index is 14.2. The van der Waals surface area contributed by atoms with Crippen LogP contribution in [0.5, 0.6) is 0 Å². The highest BCUT2D eigenvalue weighted by Gasteiger charge is 2.33. The fourth-order valence-corrected chi connectivity index (χ4v) is 3.10. The van der Waals surface area contributed by atoms with E-state index in [9.17, 15) is 8.78 Å². The Bertz CT molecular complexity index is 855. The average Bonchev–Trinajstić information content (AvgIpc) is 3.16. The van der Waals surface area contributed by atoms with Gasteiger partial charge < -0.3 is 9.72 Å². The second kappa shape index (κ2) is 6.85. The van der Waals surface area contributed by atoms with Gasteiger partial charge in [-0.15, -0.1) is 0 Å². The second-order valence-corrected chi connectivity index (χ2v) is 6.23. The summed E-state index contributed by atoms with van der Waals surface area (Å²) in [6, 6.07) is 10.0. The maximum Gasteiger partial charge on any atom is 0.140 e. The molecular formula is C18H18F2N4O. The fraction of sp³-hybridized carbons (Fsp3) is 0.333. The molecule has 0 amide bonds. The molecule has 1 aromatic carbocycles. The molecule has 1 N–H and O–H groups in total. The summed E-state index contributed by atoms with van der Waals surface area (Å²) in [5.41, 5.74) is 2.19. The van der Waals surface area contributed by atoms with E-state index in [0.717, 1.165) is 5.69 Å². The molecule has 1 aliphatic heterocycles. The Balaban J connectivity index is 1.35. The zero-order valence-corrected chi connectivity index (χ0v) is 13.5. The number of ether oxygens (including phenoxy) is 1. The van der Waals surface area contributed by atoms with Gasteiger partial charge in [0.25, 0.3) is 0 Å². The van der Waals surface area contributed by atoms with Crippen molar-refractivity contribution in [3.63, 3.8) is 0 Å². The molecule has 7 heteroatoms. The lowest BCUT2D eigenvalue weighted by Gasteiger charge is -2.15. The minimum atomic E-state index is -1.05. The Hall–Kier alpha value is -2.38. The van der Waals surface area contributed by atoms with Crippen molar-refractivity contribution in [2.24, 2.45) is 0 Å². The first-order valence-electron chi connectivity index (χ1n) is 8.19. The number of benzene rings is 1. The molecule has 2 unspecified atom stereocenters. The Morgan fingerprint density at radius 1 is 1.24 bits per heavy atom. The SMILES string of the molecule is Fc1ccc2nc(COC3CN(Cc4ccccn4)CC3F)[nH]c2c1. The van der Waals surface area contributed by atoms with Gasteiger partial charge in [0.15, 0.2) is 0 Å². The number of halogens is 2. The van der Waals surface area contributed by atoms with Crippen LogP contribution in [0.4, 0.5) is 8.78 Å². The van der Waals surface area contributed by atoms with Gasteiger partial charge in [0, 0.05) is 25.8 Å². The van der Waals surface area contributed by atoms with Crippen LogP contribution in [0.15, 0.2) is 42.6 Å². The van der Waals surface area contributed by atoms with E-state index >= 15 is 0 Å². The van der Waals surface area contributed by atoms with Gasteiger partial charge in [0.05, 0.1) is 16.7 Å². The summed E-state index contributed by atoms with van der Waals surface area (Å²) in [7, 11) is 0. The molecule has 2 aromatic heterocycles. The zero-order chi connectivity index (χ0) is 17.2. The highest BCUT2D eigenvalue weighted by molar-refractivity contribution is 5.74. The number of alkyl halides is 1. The number of nitrogens with zero attached hydrogens (tertiary/aromatic N) is 3. The van der Waals surface area contributed by atoms with E-state index in [1.54, 1.807) is 12.3 Å². The van der Waals surface area contributed by atoms with Gasteiger partial charge in [-0.2, -0.15) is 0 Å². The lowest BCUT2D eigenvalue weighted by Crippen LogP contribution is -2.24. The van der Waals surface area contributed by atoms with Gasteiger partial charge in [-0.3, -0.25) is 9.88 Å². The summed E-state index contributed by atoms with van der Waals surface area (Å²) in [5.74, 6) is 0.240. The first kappa shape index (κ1) is 16.1. The summed E-state index contributed by atoms with van der Waals surface area (Å²) >= 11 is 0. The van der Waals surface area contributed by atoms with E-state index in [1.165, 1.54) is 12.1 Å². The number of pyridine rings is 1. The van der Waals surface area contributed by atoms with Crippen molar-refractivity contribution < 1.29 is 13.5 Å². The van der Waals surface area contributed by atoms with Crippen molar-refractivity contribution in [3.8, 4) is 0 Å². The Morgan fingerprint density at radius 2 is 2.16 bits per heavy atom. The lowest BCUT2D eigenvalue weighted by molar-refractivity contribution is 0.00861. The second-order valence-electron chi connectivity index (χ2n) is 6.23. The number of aromatic nitrogens is 3. The van der Waals surface area contributed by atoms with Crippen LogP contribution in [0.2, 0.25) is 0 Å². The van der Waals surface area contributed by atoms with Gasteiger partial charge in [0.2, 0.25) is 0 Å². The Morgan fingerprint density at radius 3 is 3.00 bits per heavy atom. The molecule has 1 saturated heterocycles. The third-order valence-electron chi connectivity index (χ3n) is 4.31. The Kier molecular flexibility index (Phi) is 4.42. The predicted molar refractivity (Wildman–Crippen MR) is 89.0 cm³/mol. The average molecular weight is 344 g/mol. The molecule has 25 heavy (non-hydrogen) atoms. The molecule has 4 rings (SSSR count). The number of likely N-dealkylation sites (tertiary alicyclic amines) is 1. The van der Waals surface area contributed by atoms with Crippen LogP contribution in [-0.4, -0.2) is 45.2 Å². The van der Waals surface area contributed by atoms with Crippen LogP contribution in [-0.2, 0) is 17.9 Å². The number of aromatic amines is 1. The van der Waals surface area contributed by atoms with E-state index in [0.29, 0.717) is 36.5 Å². The summed E-state index contributed by atoms with van der Waals surface area (Å²) in [6.45, 7) is 1.60. The fourth-order valence-electron chi connectivity index (χ4n) is 3.10. The molecule has 3 heterocycles. The number of rotatable bonds is 5. The molecule has 1 aliphatic rings. The van der Waals surface area contributed by atoms with Crippen LogP contribution in [0.1, 0.15) is 11.5 Å². The van der Waals surface area contributed by atoms with Gasteiger partial charge >= 0.3 is 0 Å². The van der Waals surface area contributed by atoms with E-state index in [1.807, 2.05) is 23.1 Å². The third kappa shape index (κ3) is 3.67. The van der Waals surface area contributed by atoms with Crippen LogP contribution in [0, 0.1) is 5.82 Å². The highest BCUT2D eigenvalue weighted by atomic mass is 19.1. The van der Waals surface area contributed by atoms with Crippen molar-refractivity contribution in [1.82, 2.24) is 19.9 Å². The van der Waals surface area contributed by atoms with E-state index in [2.05, 4.69) is 15.0 Å². The molecule has 2 atom stereocenters. The van der Waals surface area contributed by atoms with Crippen molar-refractivity contribution >= 4 is 11.0 Å². The number of H-pyrrole nitrogens is 1. The van der Waals surface area contributed by atoms with E-state index < -0.39 is 12.3 Å². The molecule has 0 aliphatic carbocycles. The minimum absolute atomic E-state index is 0.165. The van der Waals surface area contributed by atoms with E-state index in [-0.39, 0.29) is 12.4 Å². The topological polar surface area (TPSA) is 54.0 Å². The molecular weight excluding hydrogens is 326 g/mol. The lowest BCUT2D eigenvalue weighted by atomic mass is 10.3. The summed E-state index contributed by atoms with van der Waals surface area (Å²) in [5, 5.41) is 0. The first-order valence-corrected chi connectivity index (χ1v) is 8.19. The number of hydrogen-bond donors (Lipinski definition) is 1. The monoisotopic (exact) mass is 344 g/mol. The highest BCUT2D eigenvalue weighted by Crippen LogP contribution is 2.20. The van der Waals surface area contributed by atoms with Gasteiger partial charge in [-0.25, -0.2) is 13.8 Å². The smallest absolute Gasteiger partial charge is 0.140 e. The molecule has 0 bridgehead atoms. The summed E-state index contributed by atoms with van der Waals surface area (Å²) < 4.78 is 33.1. The van der Waals surface area contributed by atoms with E-state index in [4.69, 9.17) is 4.74 Å². The van der Waals surface area contributed by atoms with Crippen LogP contribution in [0.3, 0.4) is 0 Å². The molecule has 1 fully saturated rings. The van der Waals surface area contributed by atoms with Gasteiger partial charge in [-0.05, 0) is 30.3 Å². The molecule has 0 spiro atoms. The van der Waals surface area contributed by atoms with Crippen molar-refractivity contribution in [2.45, 2.75) is 25.4 Å². The third-order valence-corrected chi connectivity index (χ3v) is 4.31. The standard InChI is InChI=1S/C18H18F2N4O/c19-12-4-5-15-16(7-12)23-18(22-15)11-25-17-10-24(9-14(17)20)8-13-3-1-2-6-21-13/h1-7,14,17H,8-11H2,(H,22,23). The number of fused-ring (bicyclic) bond motifs is 1. The quantitative estimate of drug-likeness (QED) is 0.773. The van der Waals surface area contributed by atoms with Crippen molar-refractivity contribution in [3.05, 3.63) is 59.9 Å². The zero-order valence-electron chi connectivity index (χ0n) is 13.5. The molecule has 3 aromatic rings.